The molecule has 1 aromatic carbocycles. The first kappa shape index (κ1) is 18.3. The van der Waals surface area contributed by atoms with Gasteiger partial charge >= 0.3 is 12.2 Å². The molecule has 1 aliphatic heterocycles. The lowest BCUT2D eigenvalue weighted by Gasteiger charge is -2.24. The standard InChI is InChI=1S/C17H21F3N2O2/c1-16(2,3)13-14(23)22(15(24)21-13)10-4-5-11-6-8-12(9-7-11)17(18,19)20/h6-9,13H,4-5,10H2,1-3H3,(H,21,24)/t13-/m1/s1. The molecule has 4 nitrogen and oxygen atoms in total. The Labute approximate surface area is 139 Å². The molecule has 1 aliphatic rings. The number of urea groups is 1. The Hall–Kier alpha value is -2.05. The fraction of sp³-hybridized carbons (Fsp3) is 0.529. The molecule has 0 radical (unpaired) electrons. The summed E-state index contributed by atoms with van der Waals surface area (Å²) >= 11 is 0. The summed E-state index contributed by atoms with van der Waals surface area (Å²) in [5.74, 6) is -0.250. The largest absolute Gasteiger partial charge is 0.416 e. The zero-order chi connectivity index (χ0) is 18.1. The first-order valence-electron chi connectivity index (χ1n) is 7.78. The molecule has 0 saturated carbocycles. The first-order valence-corrected chi connectivity index (χ1v) is 7.78. The second-order valence-electron chi connectivity index (χ2n) is 7.04. The number of imide groups is 1. The van der Waals surface area contributed by atoms with E-state index in [0.717, 1.165) is 17.7 Å². The molecular weight excluding hydrogens is 321 g/mol. The number of hydrogen-bond donors (Lipinski definition) is 1. The number of benzene rings is 1. The number of carbonyl (C=O) groups excluding carboxylic acids is 2. The van der Waals surface area contributed by atoms with Gasteiger partial charge in [-0.15, -0.1) is 0 Å². The third kappa shape index (κ3) is 4.07. The van der Waals surface area contributed by atoms with Crippen LogP contribution in [-0.2, 0) is 17.4 Å². The highest BCUT2D eigenvalue weighted by atomic mass is 19.4. The van der Waals surface area contributed by atoms with Crippen LogP contribution in [0.5, 0.6) is 0 Å². The van der Waals surface area contributed by atoms with Gasteiger partial charge in [-0.1, -0.05) is 32.9 Å². The van der Waals surface area contributed by atoms with E-state index in [4.69, 9.17) is 0 Å². The van der Waals surface area contributed by atoms with E-state index in [0.29, 0.717) is 12.8 Å². The number of alkyl halides is 3. The van der Waals surface area contributed by atoms with Crippen molar-refractivity contribution in [3.63, 3.8) is 0 Å². The fourth-order valence-corrected chi connectivity index (χ4v) is 2.62. The molecule has 0 aliphatic carbocycles. The summed E-state index contributed by atoms with van der Waals surface area (Å²) in [6.45, 7) is 5.88. The molecule has 7 heteroatoms. The van der Waals surface area contributed by atoms with E-state index in [1.807, 2.05) is 20.8 Å². The molecule has 1 aromatic rings. The number of amides is 3. The van der Waals surface area contributed by atoms with Crippen molar-refractivity contribution in [1.82, 2.24) is 10.2 Å². The highest BCUT2D eigenvalue weighted by Crippen LogP contribution is 2.29. The lowest BCUT2D eigenvalue weighted by atomic mass is 9.87. The molecule has 3 amide bonds. The summed E-state index contributed by atoms with van der Waals surface area (Å²) in [6.07, 6.45) is -3.35. The molecule has 0 spiro atoms. The number of hydrogen-bond acceptors (Lipinski definition) is 2. The Kier molecular flexibility index (Phi) is 4.92. The zero-order valence-electron chi connectivity index (χ0n) is 13.9. The van der Waals surface area contributed by atoms with E-state index < -0.39 is 23.8 Å². The van der Waals surface area contributed by atoms with Gasteiger partial charge in [-0.25, -0.2) is 4.79 Å². The van der Waals surface area contributed by atoms with Gasteiger partial charge < -0.3 is 5.32 Å². The molecule has 0 bridgehead atoms. The van der Waals surface area contributed by atoms with Crippen LogP contribution < -0.4 is 5.32 Å². The molecule has 1 fully saturated rings. The topological polar surface area (TPSA) is 49.4 Å². The van der Waals surface area contributed by atoms with Crippen LogP contribution in [0.15, 0.2) is 24.3 Å². The van der Waals surface area contributed by atoms with Crippen LogP contribution in [0, 0.1) is 5.41 Å². The molecule has 1 heterocycles. The monoisotopic (exact) mass is 342 g/mol. The molecule has 1 N–H and O–H groups in total. The molecule has 24 heavy (non-hydrogen) atoms. The number of nitrogens with zero attached hydrogens (tertiary/aromatic N) is 1. The second kappa shape index (κ2) is 6.45. The summed E-state index contributed by atoms with van der Waals surface area (Å²) in [6, 6.07) is 3.97. The van der Waals surface area contributed by atoms with Crippen LogP contribution in [0.3, 0.4) is 0 Å². The predicted molar refractivity (Wildman–Crippen MR) is 83.3 cm³/mol. The molecular formula is C17H21F3N2O2. The predicted octanol–water partition coefficient (Wildman–Crippen LogP) is 3.60. The molecule has 1 saturated heterocycles. The van der Waals surface area contributed by atoms with E-state index in [9.17, 15) is 22.8 Å². The molecule has 0 unspecified atom stereocenters. The minimum Gasteiger partial charge on any atom is -0.325 e. The molecule has 132 valence electrons. The van der Waals surface area contributed by atoms with Gasteiger partial charge in [-0.2, -0.15) is 13.2 Å². The van der Waals surface area contributed by atoms with E-state index in [1.54, 1.807) is 0 Å². The Morgan fingerprint density at radius 2 is 1.67 bits per heavy atom. The number of nitrogens with one attached hydrogen (secondary N) is 1. The normalized spacial score (nSPS) is 18.9. The zero-order valence-corrected chi connectivity index (χ0v) is 13.9. The van der Waals surface area contributed by atoms with Crippen molar-refractivity contribution in [2.45, 2.75) is 45.8 Å². The van der Waals surface area contributed by atoms with Gasteiger partial charge in [0.05, 0.1) is 5.56 Å². The Morgan fingerprint density at radius 3 is 2.12 bits per heavy atom. The molecule has 1 atom stereocenters. The highest BCUT2D eigenvalue weighted by molar-refractivity contribution is 6.04. The minimum absolute atomic E-state index is 0.248. The molecule has 0 aromatic heterocycles. The third-order valence-corrected chi connectivity index (χ3v) is 4.02. The SMILES string of the molecule is CC(C)(C)[C@@H]1NC(=O)N(CCCc2ccc(C(F)(F)F)cc2)C1=O. The van der Waals surface area contributed by atoms with Crippen LogP contribution in [0.25, 0.3) is 0 Å². The summed E-state index contributed by atoms with van der Waals surface area (Å²) < 4.78 is 37.5. The summed E-state index contributed by atoms with van der Waals surface area (Å²) in [7, 11) is 0. The Balaban J connectivity index is 1.90. The van der Waals surface area contributed by atoms with Crippen molar-refractivity contribution in [3.05, 3.63) is 35.4 Å². The van der Waals surface area contributed by atoms with Crippen molar-refractivity contribution in [1.29, 1.82) is 0 Å². The smallest absolute Gasteiger partial charge is 0.325 e. The maximum atomic E-state index is 12.5. The maximum Gasteiger partial charge on any atom is 0.416 e. The van der Waals surface area contributed by atoms with Crippen molar-refractivity contribution < 1.29 is 22.8 Å². The van der Waals surface area contributed by atoms with Crippen LogP contribution in [-0.4, -0.2) is 29.4 Å². The van der Waals surface area contributed by atoms with Crippen LogP contribution >= 0.6 is 0 Å². The second-order valence-corrected chi connectivity index (χ2v) is 7.04. The van der Waals surface area contributed by atoms with Crippen molar-refractivity contribution in [2.75, 3.05) is 6.54 Å². The van der Waals surface area contributed by atoms with E-state index >= 15 is 0 Å². The van der Waals surface area contributed by atoms with Crippen LogP contribution in [0.2, 0.25) is 0 Å². The van der Waals surface area contributed by atoms with E-state index in [1.165, 1.54) is 17.0 Å². The van der Waals surface area contributed by atoms with Crippen molar-refractivity contribution >= 4 is 11.9 Å². The maximum absolute atomic E-state index is 12.5. The number of halogens is 3. The third-order valence-electron chi connectivity index (χ3n) is 4.02. The quantitative estimate of drug-likeness (QED) is 0.850. The summed E-state index contributed by atoms with van der Waals surface area (Å²) in [5, 5.41) is 2.68. The highest BCUT2D eigenvalue weighted by Gasteiger charge is 2.43. The molecule has 2 rings (SSSR count). The Bertz CT molecular complexity index is 618. The van der Waals surface area contributed by atoms with E-state index in [2.05, 4.69) is 5.32 Å². The van der Waals surface area contributed by atoms with Crippen molar-refractivity contribution in [2.24, 2.45) is 5.41 Å². The van der Waals surface area contributed by atoms with Gasteiger partial charge in [0.15, 0.2) is 0 Å². The van der Waals surface area contributed by atoms with Gasteiger partial charge in [0.2, 0.25) is 0 Å². The van der Waals surface area contributed by atoms with Gasteiger partial charge in [0, 0.05) is 6.54 Å². The first-order chi connectivity index (χ1) is 11.0. The summed E-state index contributed by atoms with van der Waals surface area (Å²) in [5.41, 5.74) is -0.314. The number of aryl methyl sites for hydroxylation is 1. The fourth-order valence-electron chi connectivity index (χ4n) is 2.62. The van der Waals surface area contributed by atoms with Gasteiger partial charge in [-0.05, 0) is 36.0 Å². The number of rotatable bonds is 4. The number of carbonyl (C=O) groups is 2. The summed E-state index contributed by atoms with van der Waals surface area (Å²) in [4.78, 5) is 25.4. The van der Waals surface area contributed by atoms with Gasteiger partial charge in [-0.3, -0.25) is 9.69 Å². The van der Waals surface area contributed by atoms with Gasteiger partial charge in [0.25, 0.3) is 5.91 Å². The van der Waals surface area contributed by atoms with Crippen LogP contribution in [0.1, 0.15) is 38.3 Å². The van der Waals surface area contributed by atoms with E-state index in [-0.39, 0.29) is 17.9 Å². The van der Waals surface area contributed by atoms with Gasteiger partial charge in [0.1, 0.15) is 6.04 Å². The van der Waals surface area contributed by atoms with Crippen molar-refractivity contribution in [3.8, 4) is 0 Å². The van der Waals surface area contributed by atoms with Crippen LogP contribution in [0.4, 0.5) is 18.0 Å². The average Bonchev–Trinajstić information content (AvgIpc) is 2.74. The lowest BCUT2D eigenvalue weighted by molar-refractivity contribution is -0.137. The lowest BCUT2D eigenvalue weighted by Crippen LogP contribution is -2.41. The minimum atomic E-state index is -4.35. The Morgan fingerprint density at radius 1 is 1.08 bits per heavy atom. The average molecular weight is 342 g/mol.